The molecule has 3 rings (SSSR count). The number of hydrogen-bond donors (Lipinski definition) is 1. The lowest BCUT2D eigenvalue weighted by atomic mass is 9.95. The third-order valence-electron chi connectivity index (χ3n) is 4.84. The fourth-order valence-electron chi connectivity index (χ4n) is 3.21. The van der Waals surface area contributed by atoms with E-state index in [4.69, 9.17) is 26.4 Å². The molecule has 1 aliphatic rings. The highest BCUT2D eigenvalue weighted by Crippen LogP contribution is 2.32. The molecule has 0 unspecified atom stereocenters. The van der Waals surface area contributed by atoms with Crippen molar-refractivity contribution in [1.29, 1.82) is 0 Å². The summed E-state index contributed by atoms with van der Waals surface area (Å²) < 4.78 is 15.7. The molecule has 0 aromatic heterocycles. The van der Waals surface area contributed by atoms with Gasteiger partial charge in [0.2, 0.25) is 0 Å². The normalized spacial score (nSPS) is 16.3. The molecule has 0 saturated carbocycles. The first-order chi connectivity index (χ1) is 15.0. The number of hydrazone groups is 1. The molecule has 7 nitrogen and oxygen atoms in total. The lowest BCUT2D eigenvalue weighted by molar-refractivity contribution is -0.139. The van der Waals surface area contributed by atoms with E-state index in [1.807, 2.05) is 48.5 Å². The van der Waals surface area contributed by atoms with Crippen molar-refractivity contribution in [2.75, 3.05) is 20.8 Å². The molecular weight excluding hydrogens is 414 g/mol. The molecule has 1 aliphatic heterocycles. The molecular formula is C23H25N3O4S. The summed E-state index contributed by atoms with van der Waals surface area (Å²) in [5, 5.41) is 9.63. The number of methoxy groups -OCH3 is 2. The molecule has 2 aromatic rings. The van der Waals surface area contributed by atoms with Gasteiger partial charge in [-0.05, 0) is 73.6 Å². The predicted octanol–water partition coefficient (Wildman–Crippen LogP) is 3.81. The number of benzene rings is 2. The molecule has 1 heterocycles. The first kappa shape index (κ1) is 22.3. The summed E-state index contributed by atoms with van der Waals surface area (Å²) in [7, 11) is 3.22. The largest absolute Gasteiger partial charge is 0.497 e. The van der Waals surface area contributed by atoms with Crippen LogP contribution in [0.4, 0.5) is 0 Å². The minimum atomic E-state index is -0.454. The molecule has 0 fully saturated rings. The third-order valence-corrected chi connectivity index (χ3v) is 5.13. The monoisotopic (exact) mass is 439 g/mol. The molecule has 1 N–H and O–H groups in total. The summed E-state index contributed by atoms with van der Waals surface area (Å²) in [6, 6.07) is 14.5. The van der Waals surface area contributed by atoms with Crippen LogP contribution in [0.2, 0.25) is 0 Å². The number of nitrogens with zero attached hydrogens (tertiary/aromatic N) is 2. The number of carbonyl (C=O) groups excluding carboxylic acids is 1. The van der Waals surface area contributed by atoms with Crippen LogP contribution in [-0.2, 0) is 9.53 Å². The number of thiocarbonyl (C=S) groups is 1. The zero-order chi connectivity index (χ0) is 22.4. The highest BCUT2D eigenvalue weighted by Gasteiger charge is 2.34. The Bertz CT molecular complexity index is 1000. The summed E-state index contributed by atoms with van der Waals surface area (Å²) in [5.41, 5.74) is 2.79. The highest BCUT2D eigenvalue weighted by atomic mass is 32.1. The van der Waals surface area contributed by atoms with Crippen molar-refractivity contribution < 1.29 is 19.0 Å². The Kier molecular flexibility index (Phi) is 7.25. The third kappa shape index (κ3) is 5.03. The van der Waals surface area contributed by atoms with Crippen molar-refractivity contribution in [3.8, 4) is 11.5 Å². The van der Waals surface area contributed by atoms with Gasteiger partial charge in [-0.1, -0.05) is 12.1 Å². The lowest BCUT2D eigenvalue weighted by Crippen LogP contribution is -2.45. The van der Waals surface area contributed by atoms with Crippen molar-refractivity contribution in [3.63, 3.8) is 0 Å². The molecule has 8 heteroatoms. The second-order valence-corrected chi connectivity index (χ2v) is 7.09. The number of hydrogen-bond acceptors (Lipinski definition) is 6. The molecule has 0 spiro atoms. The Morgan fingerprint density at radius 2 is 1.68 bits per heavy atom. The van der Waals surface area contributed by atoms with Crippen molar-refractivity contribution in [2.24, 2.45) is 5.10 Å². The summed E-state index contributed by atoms with van der Waals surface area (Å²) in [4.78, 5) is 12.8. The maximum atomic E-state index is 12.8. The van der Waals surface area contributed by atoms with Gasteiger partial charge in [0.15, 0.2) is 5.11 Å². The van der Waals surface area contributed by atoms with Gasteiger partial charge in [0.25, 0.3) is 0 Å². The fourth-order valence-corrected chi connectivity index (χ4v) is 3.51. The molecule has 0 saturated heterocycles. The summed E-state index contributed by atoms with van der Waals surface area (Å²) in [6.45, 7) is 3.85. The molecule has 0 aliphatic carbocycles. The van der Waals surface area contributed by atoms with Crippen LogP contribution < -0.4 is 14.8 Å². The van der Waals surface area contributed by atoms with E-state index in [9.17, 15) is 4.79 Å². The molecule has 2 aromatic carbocycles. The first-order valence-electron chi connectivity index (χ1n) is 9.79. The van der Waals surface area contributed by atoms with Crippen LogP contribution >= 0.6 is 12.2 Å². The molecule has 0 bridgehead atoms. The smallest absolute Gasteiger partial charge is 0.338 e. The topological polar surface area (TPSA) is 72.4 Å². The summed E-state index contributed by atoms with van der Waals surface area (Å²) in [5.74, 6) is 1.07. The molecule has 0 radical (unpaired) electrons. The van der Waals surface area contributed by atoms with Crippen LogP contribution in [0.5, 0.6) is 11.5 Å². The average Bonchev–Trinajstić information content (AvgIpc) is 2.79. The van der Waals surface area contributed by atoms with E-state index in [-0.39, 0.29) is 6.61 Å². The Morgan fingerprint density at radius 1 is 1.10 bits per heavy atom. The van der Waals surface area contributed by atoms with E-state index in [1.165, 1.54) is 5.01 Å². The average molecular weight is 440 g/mol. The van der Waals surface area contributed by atoms with Gasteiger partial charge in [-0.25, -0.2) is 9.80 Å². The molecule has 1 atom stereocenters. The summed E-state index contributed by atoms with van der Waals surface area (Å²) >= 11 is 5.56. The van der Waals surface area contributed by atoms with Gasteiger partial charge in [0.1, 0.15) is 11.5 Å². The van der Waals surface area contributed by atoms with Crippen molar-refractivity contribution >= 4 is 29.5 Å². The number of rotatable bonds is 7. The number of carbonyl (C=O) groups is 1. The van der Waals surface area contributed by atoms with E-state index in [1.54, 1.807) is 34.3 Å². The van der Waals surface area contributed by atoms with E-state index in [0.29, 0.717) is 16.4 Å². The second-order valence-electron chi connectivity index (χ2n) is 6.70. The first-order valence-corrected chi connectivity index (χ1v) is 10.2. The van der Waals surface area contributed by atoms with Gasteiger partial charge < -0.3 is 19.5 Å². The summed E-state index contributed by atoms with van der Waals surface area (Å²) in [6.07, 6.45) is 1.67. The van der Waals surface area contributed by atoms with E-state index in [2.05, 4.69) is 10.4 Å². The lowest BCUT2D eigenvalue weighted by Gasteiger charge is -2.34. The van der Waals surface area contributed by atoms with E-state index < -0.39 is 12.0 Å². The molecule has 0 amide bonds. The Hall–Kier alpha value is -3.39. The minimum Gasteiger partial charge on any atom is -0.497 e. The van der Waals surface area contributed by atoms with E-state index in [0.717, 1.165) is 22.6 Å². The number of allylic oxidation sites excluding steroid dienone is 1. The van der Waals surface area contributed by atoms with E-state index >= 15 is 0 Å². The van der Waals surface area contributed by atoms with Crippen molar-refractivity contribution in [1.82, 2.24) is 10.3 Å². The molecule has 162 valence electrons. The van der Waals surface area contributed by atoms with Gasteiger partial charge in [-0.2, -0.15) is 5.10 Å². The van der Waals surface area contributed by atoms with Crippen molar-refractivity contribution in [2.45, 2.75) is 19.9 Å². The quantitative estimate of drug-likeness (QED) is 0.400. The van der Waals surface area contributed by atoms with Gasteiger partial charge in [0.05, 0.1) is 44.4 Å². The van der Waals surface area contributed by atoms with Gasteiger partial charge in [0, 0.05) is 0 Å². The second kappa shape index (κ2) is 10.1. The molecule has 31 heavy (non-hydrogen) atoms. The van der Waals surface area contributed by atoms with Gasteiger partial charge >= 0.3 is 5.97 Å². The Morgan fingerprint density at radius 3 is 2.23 bits per heavy atom. The fraction of sp³-hybridized carbons (Fsp3) is 0.261. The number of ether oxygens (including phenoxy) is 3. The van der Waals surface area contributed by atoms with Crippen LogP contribution in [0.1, 0.15) is 31.0 Å². The van der Waals surface area contributed by atoms with Crippen LogP contribution in [0, 0.1) is 0 Å². The Balaban J connectivity index is 1.96. The van der Waals surface area contributed by atoms with Gasteiger partial charge in [-0.3, -0.25) is 0 Å². The maximum absolute atomic E-state index is 12.8. The number of esters is 1. The number of nitrogens with one attached hydrogen (secondary N) is 1. The minimum absolute atomic E-state index is 0.268. The van der Waals surface area contributed by atoms with Crippen LogP contribution in [-0.4, -0.2) is 43.1 Å². The van der Waals surface area contributed by atoms with Crippen LogP contribution in [0.15, 0.2) is 64.9 Å². The zero-order valence-corrected chi connectivity index (χ0v) is 18.7. The highest BCUT2D eigenvalue weighted by molar-refractivity contribution is 7.80. The van der Waals surface area contributed by atoms with Gasteiger partial charge in [-0.15, -0.1) is 0 Å². The Labute approximate surface area is 187 Å². The SMILES string of the molecule is CCOC(=O)C1=C(C)N(/N=C\c2ccc(OC)cc2)C(=S)N[C@H]1c1ccc(OC)cc1. The van der Waals surface area contributed by atoms with Crippen LogP contribution in [0.25, 0.3) is 0 Å². The van der Waals surface area contributed by atoms with Crippen molar-refractivity contribution in [3.05, 3.63) is 70.9 Å². The predicted molar refractivity (Wildman–Crippen MR) is 123 cm³/mol. The standard InChI is InChI=1S/C23H25N3O4S/c1-5-30-22(27)20-15(2)26(24-14-16-6-10-18(28-3)11-7-16)23(31)25-21(20)17-8-12-19(29-4)13-9-17/h6-14,21H,5H2,1-4H3,(H,25,31)/b24-14-/t21-/m0/s1. The zero-order valence-electron chi connectivity index (χ0n) is 17.9. The maximum Gasteiger partial charge on any atom is 0.338 e. The van der Waals surface area contributed by atoms with Crippen LogP contribution in [0.3, 0.4) is 0 Å².